The molecule has 2 unspecified atom stereocenters. The van der Waals surface area contributed by atoms with Gasteiger partial charge in [-0.1, -0.05) is 36.4 Å². The van der Waals surface area contributed by atoms with Gasteiger partial charge in [0.25, 0.3) is 0 Å². The number of halogens is 1. The summed E-state index contributed by atoms with van der Waals surface area (Å²) in [5, 5.41) is 2.99. The van der Waals surface area contributed by atoms with E-state index in [4.69, 9.17) is 0 Å². The number of hydrogen-bond acceptors (Lipinski definition) is 1. The summed E-state index contributed by atoms with van der Waals surface area (Å²) in [4.78, 5) is 12.1. The van der Waals surface area contributed by atoms with Crippen LogP contribution < -0.4 is 5.32 Å². The van der Waals surface area contributed by atoms with Gasteiger partial charge in [0, 0.05) is 12.5 Å². The Kier molecular flexibility index (Phi) is 3.74. The van der Waals surface area contributed by atoms with E-state index in [-0.39, 0.29) is 17.6 Å². The maximum absolute atomic E-state index is 13.0. The van der Waals surface area contributed by atoms with Crippen LogP contribution in [0.1, 0.15) is 34.9 Å². The summed E-state index contributed by atoms with van der Waals surface area (Å²) in [5.41, 5.74) is 3.41. The van der Waals surface area contributed by atoms with Gasteiger partial charge in [0.2, 0.25) is 5.91 Å². The molecule has 1 saturated heterocycles. The monoisotopic (exact) mass is 283 g/mol. The quantitative estimate of drug-likeness (QED) is 0.897. The van der Waals surface area contributed by atoms with Crippen molar-refractivity contribution in [1.29, 1.82) is 0 Å². The van der Waals surface area contributed by atoms with Crippen LogP contribution in [0, 0.1) is 12.7 Å². The number of aryl methyl sites for hydroxylation is 1. The van der Waals surface area contributed by atoms with Crippen LogP contribution >= 0.6 is 0 Å². The number of benzene rings is 2. The van der Waals surface area contributed by atoms with Crippen molar-refractivity contribution in [3.8, 4) is 0 Å². The van der Waals surface area contributed by atoms with Crippen LogP contribution in [0.5, 0.6) is 0 Å². The van der Waals surface area contributed by atoms with Crippen LogP contribution in [0.15, 0.2) is 48.5 Å². The summed E-state index contributed by atoms with van der Waals surface area (Å²) in [5.74, 6) is -0.139. The van der Waals surface area contributed by atoms with E-state index < -0.39 is 0 Å². The minimum absolute atomic E-state index is 0.0337. The van der Waals surface area contributed by atoms with Gasteiger partial charge >= 0.3 is 0 Å². The summed E-state index contributed by atoms with van der Waals surface area (Å²) in [6.07, 6.45) is 0.766. The Morgan fingerprint density at radius 2 is 1.81 bits per heavy atom. The normalized spacial score (nSPS) is 21.9. The Balaban J connectivity index is 1.87. The predicted molar refractivity (Wildman–Crippen MR) is 80.7 cm³/mol. The molecule has 0 radical (unpaired) electrons. The topological polar surface area (TPSA) is 29.1 Å². The van der Waals surface area contributed by atoms with E-state index in [0.717, 1.165) is 12.0 Å². The number of carbonyl (C=O) groups excluding carboxylic acids is 1. The van der Waals surface area contributed by atoms with Gasteiger partial charge in [0.15, 0.2) is 0 Å². The van der Waals surface area contributed by atoms with Crippen LogP contribution in [0.25, 0.3) is 0 Å². The SMILES string of the molecule is Cc1ccccc1C1CNC(=O)C(c2ccc(F)cc2)C1. The Morgan fingerprint density at radius 3 is 2.52 bits per heavy atom. The standard InChI is InChI=1S/C18H18FNO/c1-12-4-2-3-5-16(12)14-10-17(18(21)20-11-14)13-6-8-15(19)9-7-13/h2-9,14,17H,10-11H2,1H3,(H,20,21). The molecule has 1 N–H and O–H groups in total. The van der Waals surface area contributed by atoms with Crippen molar-refractivity contribution in [2.24, 2.45) is 0 Å². The summed E-state index contributed by atoms with van der Waals surface area (Å²) >= 11 is 0. The van der Waals surface area contributed by atoms with Gasteiger partial charge in [-0.05, 0) is 42.2 Å². The molecule has 1 fully saturated rings. The molecule has 0 aromatic heterocycles. The third-order valence-corrected chi connectivity index (χ3v) is 4.26. The average Bonchev–Trinajstić information content (AvgIpc) is 2.50. The zero-order valence-electron chi connectivity index (χ0n) is 12.0. The first kappa shape index (κ1) is 13.8. The molecule has 3 heteroatoms. The number of nitrogens with one attached hydrogen (secondary N) is 1. The molecule has 1 heterocycles. The van der Waals surface area contributed by atoms with E-state index in [9.17, 15) is 9.18 Å². The second-order valence-corrected chi connectivity index (χ2v) is 5.64. The number of amides is 1. The zero-order valence-corrected chi connectivity index (χ0v) is 12.0. The molecule has 2 aromatic carbocycles. The summed E-state index contributed by atoms with van der Waals surface area (Å²) in [7, 11) is 0. The maximum Gasteiger partial charge on any atom is 0.227 e. The lowest BCUT2D eigenvalue weighted by Crippen LogP contribution is -2.39. The van der Waals surface area contributed by atoms with E-state index in [1.165, 1.54) is 23.3 Å². The Bertz CT molecular complexity index is 651. The first-order valence-corrected chi connectivity index (χ1v) is 7.24. The molecule has 1 amide bonds. The molecule has 1 aliphatic heterocycles. The molecule has 1 aliphatic rings. The molecule has 21 heavy (non-hydrogen) atoms. The molecular weight excluding hydrogens is 265 g/mol. The zero-order chi connectivity index (χ0) is 14.8. The molecule has 108 valence electrons. The second-order valence-electron chi connectivity index (χ2n) is 5.64. The van der Waals surface area contributed by atoms with Crippen LogP contribution in [0.2, 0.25) is 0 Å². The van der Waals surface area contributed by atoms with Crippen molar-refractivity contribution in [3.63, 3.8) is 0 Å². The lowest BCUT2D eigenvalue weighted by molar-refractivity contribution is -0.124. The lowest BCUT2D eigenvalue weighted by Gasteiger charge is -2.30. The van der Waals surface area contributed by atoms with Crippen LogP contribution in [-0.2, 0) is 4.79 Å². The van der Waals surface area contributed by atoms with E-state index in [0.29, 0.717) is 12.5 Å². The molecule has 2 aromatic rings. The molecule has 0 aliphatic carbocycles. The molecule has 0 spiro atoms. The van der Waals surface area contributed by atoms with Gasteiger partial charge in [-0.15, -0.1) is 0 Å². The first-order chi connectivity index (χ1) is 10.1. The minimum atomic E-state index is -0.273. The fraction of sp³-hybridized carbons (Fsp3) is 0.278. The number of carbonyl (C=O) groups is 1. The highest BCUT2D eigenvalue weighted by molar-refractivity contribution is 5.84. The second kappa shape index (κ2) is 5.68. The third-order valence-electron chi connectivity index (χ3n) is 4.26. The Hall–Kier alpha value is -2.16. The van der Waals surface area contributed by atoms with E-state index in [2.05, 4.69) is 24.4 Å². The minimum Gasteiger partial charge on any atom is -0.355 e. The predicted octanol–water partition coefficient (Wildman–Crippen LogP) is 3.52. The smallest absolute Gasteiger partial charge is 0.227 e. The Labute approximate surface area is 124 Å². The van der Waals surface area contributed by atoms with Crippen molar-refractivity contribution in [3.05, 3.63) is 71.0 Å². The molecule has 2 nitrogen and oxygen atoms in total. The summed E-state index contributed by atoms with van der Waals surface area (Å²) < 4.78 is 13.0. The van der Waals surface area contributed by atoms with Gasteiger partial charge < -0.3 is 5.32 Å². The van der Waals surface area contributed by atoms with Gasteiger partial charge in [0.1, 0.15) is 5.82 Å². The van der Waals surface area contributed by atoms with E-state index in [1.807, 2.05) is 12.1 Å². The largest absolute Gasteiger partial charge is 0.355 e. The fourth-order valence-corrected chi connectivity index (χ4v) is 3.09. The summed E-state index contributed by atoms with van der Waals surface area (Å²) in [6, 6.07) is 14.5. The number of rotatable bonds is 2. The lowest BCUT2D eigenvalue weighted by atomic mass is 9.80. The van der Waals surface area contributed by atoms with Crippen molar-refractivity contribution in [2.45, 2.75) is 25.2 Å². The van der Waals surface area contributed by atoms with E-state index >= 15 is 0 Å². The van der Waals surface area contributed by atoms with Gasteiger partial charge in [-0.3, -0.25) is 4.79 Å². The van der Waals surface area contributed by atoms with Crippen LogP contribution in [-0.4, -0.2) is 12.5 Å². The van der Waals surface area contributed by atoms with E-state index in [1.54, 1.807) is 12.1 Å². The Morgan fingerprint density at radius 1 is 1.10 bits per heavy atom. The highest BCUT2D eigenvalue weighted by Crippen LogP contribution is 2.34. The van der Waals surface area contributed by atoms with Crippen molar-refractivity contribution >= 4 is 5.91 Å². The molecule has 0 bridgehead atoms. The van der Waals surface area contributed by atoms with Gasteiger partial charge in [0.05, 0.1) is 5.92 Å². The molecule has 2 atom stereocenters. The number of piperidine rings is 1. The fourth-order valence-electron chi connectivity index (χ4n) is 3.09. The van der Waals surface area contributed by atoms with Crippen LogP contribution in [0.4, 0.5) is 4.39 Å². The number of hydrogen-bond donors (Lipinski definition) is 1. The summed E-state index contributed by atoms with van der Waals surface area (Å²) in [6.45, 7) is 2.76. The first-order valence-electron chi connectivity index (χ1n) is 7.24. The van der Waals surface area contributed by atoms with Crippen LogP contribution in [0.3, 0.4) is 0 Å². The van der Waals surface area contributed by atoms with Crippen molar-refractivity contribution in [2.75, 3.05) is 6.54 Å². The maximum atomic E-state index is 13.0. The third kappa shape index (κ3) is 2.82. The van der Waals surface area contributed by atoms with Gasteiger partial charge in [-0.25, -0.2) is 4.39 Å². The highest BCUT2D eigenvalue weighted by atomic mass is 19.1. The molecule has 3 rings (SSSR count). The molecular formula is C18H18FNO. The highest BCUT2D eigenvalue weighted by Gasteiger charge is 2.31. The molecule has 0 saturated carbocycles. The average molecular weight is 283 g/mol. The van der Waals surface area contributed by atoms with Crippen molar-refractivity contribution in [1.82, 2.24) is 5.32 Å². The van der Waals surface area contributed by atoms with Gasteiger partial charge in [-0.2, -0.15) is 0 Å². The van der Waals surface area contributed by atoms with Crippen molar-refractivity contribution < 1.29 is 9.18 Å².